The number of carbonyl (C=O) groups is 1. The normalized spacial score (nSPS) is 15.0. The van der Waals surface area contributed by atoms with Gasteiger partial charge in [-0.3, -0.25) is 9.78 Å². The van der Waals surface area contributed by atoms with Crippen LogP contribution < -0.4 is 10.1 Å². The van der Waals surface area contributed by atoms with Crippen LogP contribution in [0.4, 0.5) is 4.39 Å². The molecular formula is C27H30FN3O4S. The molecule has 0 aliphatic carbocycles. The van der Waals surface area contributed by atoms with Gasteiger partial charge < -0.3 is 10.1 Å². The maximum Gasteiger partial charge on any atom is 0.253 e. The number of nitrogens with one attached hydrogen (secondary N) is 1. The number of sulfonamides is 1. The van der Waals surface area contributed by atoms with Gasteiger partial charge in [-0.15, -0.1) is 0 Å². The third-order valence-electron chi connectivity index (χ3n) is 6.56. The van der Waals surface area contributed by atoms with Gasteiger partial charge >= 0.3 is 0 Å². The number of hydrogen-bond acceptors (Lipinski definition) is 5. The minimum Gasteiger partial charge on any atom is -0.496 e. The van der Waals surface area contributed by atoms with Crippen LogP contribution in [0.5, 0.6) is 5.75 Å². The van der Waals surface area contributed by atoms with E-state index in [1.165, 1.54) is 16.4 Å². The van der Waals surface area contributed by atoms with Crippen LogP contribution in [0.25, 0.3) is 0 Å². The van der Waals surface area contributed by atoms with E-state index in [-0.39, 0.29) is 29.8 Å². The second-order valence-corrected chi connectivity index (χ2v) is 10.9. The number of halogens is 1. The lowest BCUT2D eigenvalue weighted by molar-refractivity contribution is 0.0948. The van der Waals surface area contributed by atoms with Crippen LogP contribution in [0.15, 0.2) is 59.5 Å². The highest BCUT2D eigenvalue weighted by atomic mass is 32.2. The molecule has 2 aromatic carbocycles. The van der Waals surface area contributed by atoms with E-state index >= 15 is 0 Å². The number of rotatable bonds is 7. The van der Waals surface area contributed by atoms with Crippen molar-refractivity contribution in [1.29, 1.82) is 0 Å². The number of nitrogens with zero attached hydrogens (tertiary/aromatic N) is 2. The fraction of sp³-hybridized carbons (Fsp3) is 0.333. The summed E-state index contributed by atoms with van der Waals surface area (Å²) >= 11 is 0. The monoisotopic (exact) mass is 511 g/mol. The van der Waals surface area contributed by atoms with Gasteiger partial charge in [0.05, 0.1) is 23.3 Å². The van der Waals surface area contributed by atoms with E-state index in [0.717, 1.165) is 17.3 Å². The molecule has 7 nitrogen and oxygen atoms in total. The lowest BCUT2D eigenvalue weighted by Gasteiger charge is -2.31. The zero-order chi connectivity index (χ0) is 25.9. The van der Waals surface area contributed by atoms with E-state index in [9.17, 15) is 17.6 Å². The summed E-state index contributed by atoms with van der Waals surface area (Å²) in [5.41, 5.74) is 3.20. The third-order valence-corrected chi connectivity index (χ3v) is 8.46. The lowest BCUT2D eigenvalue weighted by atomic mass is 9.90. The van der Waals surface area contributed by atoms with Crippen molar-refractivity contribution in [2.24, 2.45) is 0 Å². The highest BCUT2D eigenvalue weighted by Crippen LogP contribution is 2.32. The largest absolute Gasteiger partial charge is 0.496 e. The Morgan fingerprint density at radius 3 is 2.53 bits per heavy atom. The van der Waals surface area contributed by atoms with Crippen molar-refractivity contribution < 1.29 is 22.3 Å². The standard InChI is InChI=1S/C27H30FN3O4S/c1-18-8-10-22(16-24(18)28)36(33,34)31-14-12-20(13-15-31)26-23(11-9-19(2)30-26)27(32)29-17-21-6-4-5-7-25(21)35-3/h4-11,16,20H,12-15,17H2,1-3H3,(H,29,32). The number of piperidine rings is 1. The molecule has 3 aromatic rings. The summed E-state index contributed by atoms with van der Waals surface area (Å²) in [5.74, 6) is -0.160. The van der Waals surface area contributed by atoms with Gasteiger partial charge in [-0.1, -0.05) is 24.3 Å². The fourth-order valence-electron chi connectivity index (χ4n) is 4.45. The van der Waals surface area contributed by atoms with Crippen molar-refractivity contribution in [3.63, 3.8) is 0 Å². The number of hydrogen-bond donors (Lipinski definition) is 1. The number of pyridine rings is 1. The Bertz CT molecular complexity index is 1370. The summed E-state index contributed by atoms with van der Waals surface area (Å²) in [7, 11) is -2.22. The number of methoxy groups -OCH3 is 1. The van der Waals surface area contributed by atoms with Gasteiger partial charge in [0.15, 0.2) is 0 Å². The highest BCUT2D eigenvalue weighted by molar-refractivity contribution is 7.89. The summed E-state index contributed by atoms with van der Waals surface area (Å²) in [6, 6.07) is 15.0. The quantitative estimate of drug-likeness (QED) is 0.510. The van der Waals surface area contributed by atoms with E-state index < -0.39 is 15.8 Å². The van der Waals surface area contributed by atoms with Crippen molar-refractivity contribution in [2.45, 2.75) is 44.0 Å². The Hall–Kier alpha value is -3.30. The van der Waals surface area contributed by atoms with Gasteiger partial charge in [0.2, 0.25) is 10.0 Å². The first-order valence-electron chi connectivity index (χ1n) is 11.8. The molecule has 1 saturated heterocycles. The van der Waals surface area contributed by atoms with Gasteiger partial charge in [0, 0.05) is 36.8 Å². The molecule has 190 valence electrons. The average molecular weight is 512 g/mol. The highest BCUT2D eigenvalue weighted by Gasteiger charge is 2.32. The summed E-state index contributed by atoms with van der Waals surface area (Å²) in [5, 5.41) is 2.95. The maximum absolute atomic E-state index is 14.0. The molecule has 1 N–H and O–H groups in total. The topological polar surface area (TPSA) is 88.6 Å². The molecule has 2 heterocycles. The van der Waals surface area contributed by atoms with Gasteiger partial charge in [0.1, 0.15) is 11.6 Å². The number of aryl methyl sites for hydroxylation is 2. The molecule has 0 unspecified atom stereocenters. The molecule has 1 fully saturated rings. The number of amides is 1. The zero-order valence-corrected chi connectivity index (χ0v) is 21.4. The Kier molecular flexibility index (Phi) is 7.70. The summed E-state index contributed by atoms with van der Waals surface area (Å²) in [6.07, 6.45) is 1.02. The molecule has 1 amide bonds. The molecule has 1 aliphatic heterocycles. The summed E-state index contributed by atoms with van der Waals surface area (Å²) in [4.78, 5) is 17.7. The van der Waals surface area contributed by atoms with E-state index in [4.69, 9.17) is 4.74 Å². The Labute approximate surface area is 211 Å². The van der Waals surface area contributed by atoms with E-state index in [1.807, 2.05) is 31.2 Å². The molecule has 1 aliphatic rings. The third kappa shape index (κ3) is 5.42. The van der Waals surface area contributed by atoms with E-state index in [1.54, 1.807) is 26.2 Å². The number of ether oxygens (including phenoxy) is 1. The molecule has 0 bridgehead atoms. The maximum atomic E-state index is 14.0. The van der Waals surface area contributed by atoms with Gasteiger partial charge in [-0.2, -0.15) is 4.31 Å². The molecule has 4 rings (SSSR count). The first-order valence-corrected chi connectivity index (χ1v) is 13.3. The van der Waals surface area contributed by atoms with Crippen molar-refractivity contribution in [3.05, 3.63) is 88.5 Å². The van der Waals surface area contributed by atoms with E-state index in [2.05, 4.69) is 10.3 Å². The average Bonchev–Trinajstić information content (AvgIpc) is 2.89. The summed E-state index contributed by atoms with van der Waals surface area (Å²) in [6.45, 7) is 4.29. The summed E-state index contributed by atoms with van der Waals surface area (Å²) < 4.78 is 46.9. The van der Waals surface area contributed by atoms with Crippen LogP contribution in [0.1, 0.15) is 51.6 Å². The van der Waals surface area contributed by atoms with Crippen molar-refractivity contribution in [3.8, 4) is 5.75 Å². The second kappa shape index (κ2) is 10.8. The Morgan fingerprint density at radius 1 is 1.11 bits per heavy atom. The van der Waals surface area contributed by atoms with Crippen LogP contribution in [-0.4, -0.2) is 43.8 Å². The van der Waals surface area contributed by atoms with Crippen LogP contribution in [0.3, 0.4) is 0 Å². The number of para-hydroxylation sites is 1. The number of aromatic nitrogens is 1. The van der Waals surface area contributed by atoms with Crippen molar-refractivity contribution in [2.75, 3.05) is 20.2 Å². The molecule has 36 heavy (non-hydrogen) atoms. The first kappa shape index (κ1) is 25.8. The minimum atomic E-state index is -3.81. The van der Waals surface area contributed by atoms with Crippen molar-refractivity contribution in [1.82, 2.24) is 14.6 Å². The van der Waals surface area contributed by atoms with Crippen LogP contribution in [0, 0.1) is 19.7 Å². The predicted molar refractivity (Wildman–Crippen MR) is 135 cm³/mol. The molecule has 0 atom stereocenters. The first-order chi connectivity index (χ1) is 17.2. The fourth-order valence-corrected chi connectivity index (χ4v) is 5.93. The van der Waals surface area contributed by atoms with Crippen molar-refractivity contribution >= 4 is 15.9 Å². The molecule has 0 spiro atoms. The molecule has 0 radical (unpaired) electrons. The van der Waals surface area contributed by atoms with Gasteiger partial charge in [0.25, 0.3) is 5.91 Å². The molecule has 9 heteroatoms. The molecule has 0 saturated carbocycles. The zero-order valence-electron chi connectivity index (χ0n) is 20.6. The Morgan fingerprint density at radius 2 is 1.83 bits per heavy atom. The number of benzene rings is 2. The van der Waals surface area contributed by atoms with E-state index in [0.29, 0.717) is 42.0 Å². The van der Waals surface area contributed by atoms with Gasteiger partial charge in [-0.25, -0.2) is 12.8 Å². The van der Waals surface area contributed by atoms with Crippen LogP contribution >= 0.6 is 0 Å². The Balaban J connectivity index is 1.48. The van der Waals surface area contributed by atoms with Gasteiger partial charge in [-0.05, 0) is 62.6 Å². The lowest BCUT2D eigenvalue weighted by Crippen LogP contribution is -2.38. The molecule has 1 aromatic heterocycles. The van der Waals surface area contributed by atoms with Crippen LogP contribution in [0.2, 0.25) is 0 Å². The SMILES string of the molecule is COc1ccccc1CNC(=O)c1ccc(C)nc1C1CCN(S(=O)(=O)c2ccc(C)c(F)c2)CC1. The predicted octanol–water partition coefficient (Wildman–Crippen LogP) is 4.34. The second-order valence-electron chi connectivity index (χ2n) is 8.97. The minimum absolute atomic E-state index is 0.0471. The molecular weight excluding hydrogens is 481 g/mol. The number of carbonyl (C=O) groups excluding carboxylic acids is 1. The van der Waals surface area contributed by atoms with Crippen LogP contribution in [-0.2, 0) is 16.6 Å². The smallest absolute Gasteiger partial charge is 0.253 e.